The highest BCUT2D eigenvalue weighted by atomic mass is 16.5. The number of carbonyl (C=O) groups excluding carboxylic acids is 1. The Morgan fingerprint density at radius 1 is 1.25 bits per heavy atom. The van der Waals surface area contributed by atoms with Crippen molar-refractivity contribution in [3.8, 4) is 5.88 Å². The van der Waals surface area contributed by atoms with E-state index >= 15 is 0 Å². The van der Waals surface area contributed by atoms with Crippen molar-refractivity contribution in [1.82, 2.24) is 20.3 Å². The van der Waals surface area contributed by atoms with E-state index in [0.717, 1.165) is 32.0 Å². The maximum absolute atomic E-state index is 11.9. The number of ether oxygens (including phenoxy) is 1. The molecule has 0 radical (unpaired) electrons. The van der Waals surface area contributed by atoms with Crippen molar-refractivity contribution < 1.29 is 14.1 Å². The fraction of sp³-hybridized carbons (Fsp3) is 0.467. The molecule has 0 bridgehead atoms. The molecule has 1 saturated heterocycles. The second-order valence-electron chi connectivity index (χ2n) is 5.36. The first kappa shape index (κ1) is 16.2. The minimum Gasteiger partial charge on any atom is -0.477 e. The molecule has 24 heavy (non-hydrogen) atoms. The van der Waals surface area contributed by atoms with Gasteiger partial charge in [-0.05, 0) is 13.0 Å². The average Bonchev–Trinajstić information content (AvgIpc) is 3.09. The van der Waals surface area contributed by atoms with E-state index in [0.29, 0.717) is 24.8 Å². The van der Waals surface area contributed by atoms with E-state index in [-0.39, 0.29) is 5.91 Å². The molecule has 1 aliphatic rings. The molecule has 0 spiro atoms. The van der Waals surface area contributed by atoms with Crippen molar-refractivity contribution in [2.75, 3.05) is 49.5 Å². The molecule has 128 valence electrons. The number of rotatable bonds is 6. The van der Waals surface area contributed by atoms with Crippen molar-refractivity contribution in [3.63, 3.8) is 0 Å². The van der Waals surface area contributed by atoms with Crippen LogP contribution < -0.4 is 15.0 Å². The molecule has 2 aromatic heterocycles. The van der Waals surface area contributed by atoms with Gasteiger partial charge in [0.15, 0.2) is 11.6 Å². The number of piperazine rings is 1. The quantitative estimate of drug-likeness (QED) is 0.822. The second-order valence-corrected chi connectivity index (χ2v) is 5.36. The SMILES string of the molecule is CCOc1ccc(N2CCN(CC(=O)Nc3ccon3)CC2)nn1. The molecule has 1 aliphatic heterocycles. The molecule has 1 amide bonds. The van der Waals surface area contributed by atoms with Crippen molar-refractivity contribution in [2.24, 2.45) is 0 Å². The Bertz CT molecular complexity index is 638. The Labute approximate surface area is 139 Å². The van der Waals surface area contributed by atoms with Gasteiger partial charge in [-0.1, -0.05) is 5.16 Å². The van der Waals surface area contributed by atoms with Crippen LogP contribution in [0.4, 0.5) is 11.6 Å². The van der Waals surface area contributed by atoms with Gasteiger partial charge >= 0.3 is 0 Å². The van der Waals surface area contributed by atoms with Crippen LogP contribution in [-0.4, -0.2) is 65.5 Å². The van der Waals surface area contributed by atoms with Crippen molar-refractivity contribution >= 4 is 17.5 Å². The van der Waals surface area contributed by atoms with Gasteiger partial charge in [-0.15, -0.1) is 10.2 Å². The zero-order valence-electron chi connectivity index (χ0n) is 13.5. The molecule has 3 heterocycles. The van der Waals surface area contributed by atoms with Crippen LogP contribution in [0.5, 0.6) is 5.88 Å². The van der Waals surface area contributed by atoms with Crippen LogP contribution in [0.1, 0.15) is 6.92 Å². The predicted molar refractivity (Wildman–Crippen MR) is 87.0 cm³/mol. The van der Waals surface area contributed by atoms with E-state index in [1.807, 2.05) is 19.1 Å². The lowest BCUT2D eigenvalue weighted by Gasteiger charge is -2.34. The Kier molecular flexibility index (Phi) is 5.22. The summed E-state index contributed by atoms with van der Waals surface area (Å²) in [5.41, 5.74) is 0. The molecular formula is C15H20N6O3. The van der Waals surface area contributed by atoms with Gasteiger partial charge in [0.1, 0.15) is 6.26 Å². The molecule has 2 aromatic rings. The van der Waals surface area contributed by atoms with Gasteiger partial charge < -0.3 is 19.5 Å². The number of nitrogens with one attached hydrogen (secondary N) is 1. The highest BCUT2D eigenvalue weighted by Gasteiger charge is 2.20. The molecule has 0 aliphatic carbocycles. The summed E-state index contributed by atoms with van der Waals surface area (Å²) in [5, 5.41) is 14.6. The largest absolute Gasteiger partial charge is 0.477 e. The number of nitrogens with zero attached hydrogens (tertiary/aromatic N) is 5. The smallest absolute Gasteiger partial charge is 0.239 e. The Hall–Kier alpha value is -2.68. The summed E-state index contributed by atoms with van der Waals surface area (Å²) < 4.78 is 9.98. The Morgan fingerprint density at radius 3 is 2.71 bits per heavy atom. The van der Waals surface area contributed by atoms with Gasteiger partial charge in [0.2, 0.25) is 11.8 Å². The third-order valence-electron chi connectivity index (χ3n) is 3.69. The molecule has 0 aromatic carbocycles. The normalized spacial score (nSPS) is 15.3. The Balaban J connectivity index is 1.46. The standard InChI is InChI=1S/C15H20N6O3/c1-2-23-15-4-3-13(17-18-15)21-8-6-20(7-9-21)11-14(22)16-12-5-10-24-19-12/h3-5,10H,2,6-9,11H2,1H3,(H,16,19,22). The highest BCUT2D eigenvalue weighted by Crippen LogP contribution is 2.15. The summed E-state index contributed by atoms with van der Waals surface area (Å²) in [6, 6.07) is 5.34. The van der Waals surface area contributed by atoms with Gasteiger partial charge in [0.25, 0.3) is 0 Å². The first-order valence-electron chi connectivity index (χ1n) is 7.88. The van der Waals surface area contributed by atoms with Crippen LogP contribution in [-0.2, 0) is 4.79 Å². The molecule has 0 saturated carbocycles. The average molecular weight is 332 g/mol. The van der Waals surface area contributed by atoms with Crippen LogP contribution in [0.25, 0.3) is 0 Å². The van der Waals surface area contributed by atoms with E-state index < -0.39 is 0 Å². The predicted octanol–water partition coefficient (Wildman–Crippen LogP) is 0.624. The van der Waals surface area contributed by atoms with Gasteiger partial charge in [-0.25, -0.2) is 0 Å². The maximum Gasteiger partial charge on any atom is 0.239 e. The third-order valence-corrected chi connectivity index (χ3v) is 3.69. The summed E-state index contributed by atoms with van der Waals surface area (Å²) in [7, 11) is 0. The highest BCUT2D eigenvalue weighted by molar-refractivity contribution is 5.91. The molecule has 1 fully saturated rings. The molecule has 3 rings (SSSR count). The summed E-state index contributed by atoms with van der Waals surface area (Å²) in [6.45, 7) is 5.95. The van der Waals surface area contributed by atoms with Crippen LogP contribution >= 0.6 is 0 Å². The van der Waals surface area contributed by atoms with Gasteiger partial charge in [0, 0.05) is 38.3 Å². The minimum absolute atomic E-state index is 0.0989. The number of hydrogen-bond acceptors (Lipinski definition) is 8. The van der Waals surface area contributed by atoms with Crippen molar-refractivity contribution in [1.29, 1.82) is 0 Å². The van der Waals surface area contributed by atoms with Crippen LogP contribution in [0.2, 0.25) is 0 Å². The number of hydrogen-bond donors (Lipinski definition) is 1. The number of anilines is 2. The van der Waals surface area contributed by atoms with E-state index in [2.05, 4.69) is 35.0 Å². The first-order chi connectivity index (χ1) is 11.7. The van der Waals surface area contributed by atoms with Crippen LogP contribution in [0.15, 0.2) is 29.0 Å². The van der Waals surface area contributed by atoms with E-state index in [1.54, 1.807) is 6.07 Å². The lowest BCUT2D eigenvalue weighted by atomic mass is 10.3. The Morgan fingerprint density at radius 2 is 2.08 bits per heavy atom. The third kappa shape index (κ3) is 4.19. The summed E-state index contributed by atoms with van der Waals surface area (Å²) >= 11 is 0. The van der Waals surface area contributed by atoms with Crippen LogP contribution in [0, 0.1) is 0 Å². The van der Waals surface area contributed by atoms with Gasteiger partial charge in [-0.3, -0.25) is 9.69 Å². The monoisotopic (exact) mass is 332 g/mol. The molecule has 9 heteroatoms. The van der Waals surface area contributed by atoms with Crippen molar-refractivity contribution in [2.45, 2.75) is 6.92 Å². The summed E-state index contributed by atoms with van der Waals surface area (Å²) in [6.07, 6.45) is 1.42. The number of carbonyl (C=O) groups is 1. The minimum atomic E-state index is -0.0989. The summed E-state index contributed by atoms with van der Waals surface area (Å²) in [5.74, 6) is 1.69. The first-order valence-corrected chi connectivity index (χ1v) is 7.88. The van der Waals surface area contributed by atoms with Gasteiger partial charge in [0.05, 0.1) is 13.2 Å². The van der Waals surface area contributed by atoms with Gasteiger partial charge in [-0.2, -0.15) is 0 Å². The zero-order valence-corrected chi connectivity index (χ0v) is 13.5. The van der Waals surface area contributed by atoms with Crippen molar-refractivity contribution in [3.05, 3.63) is 24.5 Å². The second kappa shape index (κ2) is 7.73. The van der Waals surface area contributed by atoms with E-state index in [4.69, 9.17) is 4.74 Å². The fourth-order valence-electron chi connectivity index (χ4n) is 2.50. The number of aromatic nitrogens is 3. The maximum atomic E-state index is 11.9. The topological polar surface area (TPSA) is 96.6 Å². The molecule has 1 N–H and O–H groups in total. The van der Waals surface area contributed by atoms with E-state index in [1.165, 1.54) is 6.26 Å². The molecular weight excluding hydrogens is 312 g/mol. The lowest BCUT2D eigenvalue weighted by molar-refractivity contribution is -0.117. The molecule has 9 nitrogen and oxygen atoms in total. The van der Waals surface area contributed by atoms with Crippen LogP contribution in [0.3, 0.4) is 0 Å². The zero-order chi connectivity index (χ0) is 16.8. The summed E-state index contributed by atoms with van der Waals surface area (Å²) in [4.78, 5) is 16.2. The molecule has 0 unspecified atom stereocenters. The van der Waals surface area contributed by atoms with E-state index in [9.17, 15) is 4.79 Å². The number of amides is 1. The lowest BCUT2D eigenvalue weighted by Crippen LogP contribution is -2.49. The fourth-order valence-corrected chi connectivity index (χ4v) is 2.50. The molecule has 0 atom stereocenters.